The normalized spacial score (nSPS) is 27.2. The van der Waals surface area contributed by atoms with Crippen LogP contribution >= 0.6 is 23.5 Å². The van der Waals surface area contributed by atoms with Gasteiger partial charge in [-0.15, -0.1) is 5.92 Å². The molecule has 0 spiro atoms. The van der Waals surface area contributed by atoms with E-state index in [1.54, 1.807) is 0 Å². The summed E-state index contributed by atoms with van der Waals surface area (Å²) in [5.74, 6) is 4.89. The van der Waals surface area contributed by atoms with E-state index in [1.807, 2.05) is 0 Å². The van der Waals surface area contributed by atoms with Gasteiger partial charge in [0, 0.05) is 6.20 Å². The van der Waals surface area contributed by atoms with E-state index < -0.39 is 60.3 Å². The van der Waals surface area contributed by atoms with Crippen molar-refractivity contribution in [1.82, 2.24) is 9.55 Å². The van der Waals surface area contributed by atoms with Crippen molar-refractivity contribution in [3.05, 3.63) is 22.2 Å². The van der Waals surface area contributed by atoms with Crippen LogP contribution in [0.4, 0.5) is 5.82 Å². The Balaban J connectivity index is 2.14. The highest BCUT2D eigenvalue weighted by molar-refractivity contribution is 7.66. The highest BCUT2D eigenvalue weighted by atomic mass is 31.3. The Labute approximate surface area is 178 Å². The molecule has 20 heteroatoms. The molecule has 6 atom stereocenters. The second-order valence-electron chi connectivity index (χ2n) is 6.04. The first-order valence-electron chi connectivity index (χ1n) is 8.16. The Hall–Kier alpha value is -1.47. The van der Waals surface area contributed by atoms with Gasteiger partial charge in [-0.2, -0.15) is 13.6 Å². The van der Waals surface area contributed by atoms with Gasteiger partial charge in [0.15, 0.2) is 6.23 Å². The lowest BCUT2D eigenvalue weighted by atomic mass is 10.1. The lowest BCUT2D eigenvalue weighted by Gasteiger charge is -2.19. The van der Waals surface area contributed by atoms with Crippen molar-refractivity contribution in [2.24, 2.45) is 0 Å². The molecule has 0 radical (unpaired) electrons. The molecule has 1 aliphatic rings. The molecule has 2 rings (SSSR count). The van der Waals surface area contributed by atoms with E-state index >= 15 is 0 Å². The van der Waals surface area contributed by atoms with E-state index in [1.165, 1.54) is 6.92 Å². The van der Waals surface area contributed by atoms with E-state index in [2.05, 4.69) is 30.0 Å². The largest absolute Gasteiger partial charge is 0.490 e. The Bertz CT molecular complexity index is 1120. The van der Waals surface area contributed by atoms with Crippen LogP contribution in [0.1, 0.15) is 18.7 Å². The predicted molar refractivity (Wildman–Crippen MR) is 101 cm³/mol. The van der Waals surface area contributed by atoms with Crippen molar-refractivity contribution < 1.29 is 61.4 Å². The SMILES string of the molecule is CC#Cc1cn([C@@H]2O[C@H](COP(=O)(O)OP(=O)(O)OP(=O)(O)O)[C@@H](O)[C@H]2O)c(=O)nc1N. The summed E-state index contributed by atoms with van der Waals surface area (Å²) in [6.45, 7) is 0.440. The van der Waals surface area contributed by atoms with Gasteiger partial charge in [0.1, 0.15) is 24.1 Å². The number of phosphoric ester groups is 1. The summed E-state index contributed by atoms with van der Waals surface area (Å²) >= 11 is 0. The van der Waals surface area contributed by atoms with Crippen molar-refractivity contribution in [1.29, 1.82) is 0 Å². The van der Waals surface area contributed by atoms with Crippen LogP contribution in [0, 0.1) is 11.8 Å². The summed E-state index contributed by atoms with van der Waals surface area (Å²) in [6.07, 6.45) is -5.60. The minimum absolute atomic E-state index is 0.106. The molecular weight excluding hydrogens is 503 g/mol. The second-order valence-corrected chi connectivity index (χ2v) is 10.5. The zero-order chi connectivity index (χ0) is 24.5. The highest BCUT2D eigenvalue weighted by Crippen LogP contribution is 2.66. The van der Waals surface area contributed by atoms with Crippen LogP contribution < -0.4 is 11.4 Å². The standard InChI is InChI=1S/C12H18N3O14P3/c1-2-3-6-4-15(12(18)14-10(6)13)11-9(17)8(16)7(27-11)5-26-31(22,23)29-32(24,25)28-30(19,20)21/h4,7-9,11,16-17H,5H2,1H3,(H,22,23)(H,24,25)(H2,13,14,18)(H2,19,20,21)/t7-,8-,9-,11-/m1/s1. The summed E-state index contributed by atoms with van der Waals surface area (Å²) in [6, 6.07) is 0. The van der Waals surface area contributed by atoms with Gasteiger partial charge in [-0.1, -0.05) is 5.92 Å². The van der Waals surface area contributed by atoms with Crippen LogP contribution in [0.25, 0.3) is 0 Å². The molecule has 1 aliphatic heterocycles. The molecule has 8 N–H and O–H groups in total. The zero-order valence-corrected chi connectivity index (χ0v) is 18.5. The maximum atomic E-state index is 12.1. The number of aliphatic hydroxyl groups excluding tert-OH is 2. The first-order chi connectivity index (χ1) is 14.6. The van der Waals surface area contributed by atoms with Crippen LogP contribution in [-0.4, -0.2) is 64.3 Å². The molecule has 1 fully saturated rings. The van der Waals surface area contributed by atoms with Crippen molar-refractivity contribution in [2.45, 2.75) is 31.5 Å². The predicted octanol–water partition coefficient (Wildman–Crippen LogP) is -1.84. The van der Waals surface area contributed by atoms with Gasteiger partial charge in [-0.25, -0.2) is 18.5 Å². The quantitative estimate of drug-likeness (QED) is 0.146. The average Bonchev–Trinajstić information content (AvgIpc) is 2.87. The van der Waals surface area contributed by atoms with Gasteiger partial charge in [0.05, 0.1) is 12.2 Å². The number of aliphatic hydroxyl groups is 2. The third kappa shape index (κ3) is 7.01. The van der Waals surface area contributed by atoms with Crippen molar-refractivity contribution >= 4 is 29.3 Å². The first-order valence-corrected chi connectivity index (χ1v) is 12.7. The number of rotatable bonds is 8. The number of nitrogen functional groups attached to an aromatic ring is 1. The topological polar surface area (TPSA) is 270 Å². The minimum atomic E-state index is -5.74. The number of aromatic nitrogens is 2. The number of nitrogens with zero attached hydrogens (tertiary/aromatic N) is 2. The Morgan fingerprint density at radius 3 is 2.34 bits per heavy atom. The van der Waals surface area contributed by atoms with Crippen molar-refractivity contribution in [3.63, 3.8) is 0 Å². The number of ether oxygens (including phenoxy) is 1. The number of hydrogen-bond donors (Lipinski definition) is 7. The third-order valence-electron chi connectivity index (χ3n) is 3.67. The minimum Gasteiger partial charge on any atom is -0.387 e. The molecule has 32 heavy (non-hydrogen) atoms. The van der Waals surface area contributed by atoms with Crippen LogP contribution in [-0.2, 0) is 31.6 Å². The highest BCUT2D eigenvalue weighted by Gasteiger charge is 2.46. The third-order valence-corrected chi connectivity index (χ3v) is 7.47. The second kappa shape index (κ2) is 9.80. The molecular formula is C12H18N3O14P3. The number of hydrogen-bond acceptors (Lipinski definition) is 12. The Morgan fingerprint density at radius 1 is 1.16 bits per heavy atom. The van der Waals surface area contributed by atoms with E-state index in [0.717, 1.165) is 10.8 Å². The smallest absolute Gasteiger partial charge is 0.387 e. The van der Waals surface area contributed by atoms with Crippen LogP contribution in [0.3, 0.4) is 0 Å². The maximum absolute atomic E-state index is 12.1. The molecule has 17 nitrogen and oxygen atoms in total. The van der Waals surface area contributed by atoms with Gasteiger partial charge in [0.25, 0.3) is 0 Å². The molecule has 1 saturated heterocycles. The molecule has 1 aromatic heterocycles. The van der Waals surface area contributed by atoms with E-state index in [-0.39, 0.29) is 11.4 Å². The fourth-order valence-electron chi connectivity index (χ4n) is 2.46. The lowest BCUT2D eigenvalue weighted by molar-refractivity contribution is -0.0541. The molecule has 0 saturated carbocycles. The number of nitrogens with two attached hydrogens (primary N) is 1. The van der Waals surface area contributed by atoms with Crippen molar-refractivity contribution in [3.8, 4) is 11.8 Å². The van der Waals surface area contributed by atoms with E-state index in [0.29, 0.717) is 0 Å². The summed E-state index contributed by atoms with van der Waals surface area (Å²) in [7, 11) is -16.8. The van der Waals surface area contributed by atoms with Gasteiger partial charge < -0.3 is 40.3 Å². The maximum Gasteiger partial charge on any atom is 0.490 e. The Morgan fingerprint density at radius 2 is 1.78 bits per heavy atom. The van der Waals surface area contributed by atoms with E-state index in [9.17, 15) is 33.6 Å². The molecule has 2 unspecified atom stereocenters. The number of anilines is 1. The van der Waals surface area contributed by atoms with Gasteiger partial charge in [-0.3, -0.25) is 9.09 Å². The lowest BCUT2D eigenvalue weighted by Crippen LogP contribution is -2.36. The summed E-state index contributed by atoms with van der Waals surface area (Å²) in [5.41, 5.74) is 4.70. The Kier molecular flexibility index (Phi) is 8.20. The van der Waals surface area contributed by atoms with Crippen LogP contribution in [0.2, 0.25) is 0 Å². The summed E-state index contributed by atoms with van der Waals surface area (Å²) < 4.78 is 51.2. The average molecular weight is 521 g/mol. The van der Waals surface area contributed by atoms with Crippen LogP contribution in [0.15, 0.2) is 11.0 Å². The zero-order valence-electron chi connectivity index (χ0n) is 15.9. The molecule has 0 bridgehead atoms. The van der Waals surface area contributed by atoms with Crippen LogP contribution in [0.5, 0.6) is 0 Å². The summed E-state index contributed by atoms with van der Waals surface area (Å²) in [4.78, 5) is 51.2. The fourth-order valence-corrected chi connectivity index (χ4v) is 5.49. The van der Waals surface area contributed by atoms with Gasteiger partial charge in [-0.05, 0) is 6.92 Å². The first kappa shape index (κ1) is 26.8. The van der Waals surface area contributed by atoms with E-state index in [4.69, 9.17) is 25.2 Å². The molecule has 0 amide bonds. The molecule has 0 aliphatic carbocycles. The fraction of sp³-hybridized carbons (Fsp3) is 0.500. The molecule has 1 aromatic rings. The summed E-state index contributed by atoms with van der Waals surface area (Å²) in [5, 5.41) is 20.3. The number of phosphoric acid groups is 3. The van der Waals surface area contributed by atoms with Crippen molar-refractivity contribution in [2.75, 3.05) is 12.3 Å². The van der Waals surface area contributed by atoms with Gasteiger partial charge >= 0.3 is 29.2 Å². The van der Waals surface area contributed by atoms with Gasteiger partial charge in [0.2, 0.25) is 0 Å². The molecule has 0 aromatic carbocycles. The molecule has 180 valence electrons. The monoisotopic (exact) mass is 521 g/mol. The molecule has 2 heterocycles.